The highest BCUT2D eigenvalue weighted by Crippen LogP contribution is 2.28. The molecule has 0 radical (unpaired) electrons. The minimum Gasteiger partial charge on any atom is -0.205 e. The zero-order valence-corrected chi connectivity index (χ0v) is 12.4. The second-order valence-electron chi connectivity index (χ2n) is 2.62. The first-order valence-corrected chi connectivity index (χ1v) is 6.46. The highest BCUT2D eigenvalue weighted by Gasteiger charge is 2.11. The minimum absolute atomic E-state index is 0.194. The van der Waals surface area contributed by atoms with Gasteiger partial charge in [-0.3, -0.25) is 0 Å². The molecule has 0 saturated carbocycles. The van der Waals surface area contributed by atoms with Crippen molar-refractivity contribution in [3.63, 3.8) is 0 Å². The fourth-order valence-corrected chi connectivity index (χ4v) is 1.54. The van der Waals surface area contributed by atoms with E-state index in [0.717, 1.165) is 5.56 Å². The van der Waals surface area contributed by atoms with Crippen molar-refractivity contribution in [2.24, 2.45) is 0 Å². The van der Waals surface area contributed by atoms with Crippen molar-refractivity contribution >= 4 is 23.2 Å². The summed E-state index contributed by atoms with van der Waals surface area (Å²) in [5, 5.41) is 0.633. The second-order valence-corrected chi connectivity index (χ2v) is 3.41. The Kier molecular flexibility index (Phi) is 11.2. The van der Waals surface area contributed by atoms with Gasteiger partial charge in [-0.05, 0) is 25.0 Å². The molecule has 0 amide bonds. The van der Waals surface area contributed by atoms with Crippen molar-refractivity contribution in [1.29, 1.82) is 0 Å². The van der Waals surface area contributed by atoms with E-state index in [-0.39, 0.29) is 5.02 Å². The number of aryl methyl sites for hydroxylation is 1. The van der Waals surface area contributed by atoms with Crippen molar-refractivity contribution < 1.29 is 4.39 Å². The van der Waals surface area contributed by atoms with Crippen LogP contribution in [0.4, 0.5) is 4.39 Å². The second kappa shape index (κ2) is 9.92. The summed E-state index contributed by atoms with van der Waals surface area (Å²) < 4.78 is 13.2. The Hall–Kier alpha value is -0.270. The molecular formula is C13H21Cl2F. The number of benzene rings is 1. The van der Waals surface area contributed by atoms with Crippen LogP contribution in [0.3, 0.4) is 0 Å². The van der Waals surface area contributed by atoms with E-state index >= 15 is 0 Å². The van der Waals surface area contributed by atoms with Crippen molar-refractivity contribution in [3.8, 4) is 0 Å². The molecule has 16 heavy (non-hydrogen) atoms. The summed E-state index contributed by atoms with van der Waals surface area (Å²) in [5.74, 6) is -0.402. The van der Waals surface area contributed by atoms with Gasteiger partial charge >= 0.3 is 0 Å². The molecule has 1 aromatic rings. The molecule has 0 heterocycles. The summed E-state index contributed by atoms with van der Waals surface area (Å²) >= 11 is 11.5. The van der Waals surface area contributed by atoms with Crippen LogP contribution >= 0.6 is 23.2 Å². The maximum Gasteiger partial charge on any atom is 0.146 e. The molecule has 0 aliphatic heterocycles. The van der Waals surface area contributed by atoms with Gasteiger partial charge in [0.1, 0.15) is 5.82 Å². The molecule has 0 nitrogen and oxygen atoms in total. The van der Waals surface area contributed by atoms with Crippen LogP contribution < -0.4 is 0 Å². The van der Waals surface area contributed by atoms with Gasteiger partial charge in [-0.15, -0.1) is 0 Å². The SMILES string of the molecule is CC.CC.CCc1cc(Cl)c(C)c(F)c1Cl. The molecule has 0 aliphatic rings. The third-order valence-corrected chi connectivity index (χ3v) is 2.65. The molecule has 0 atom stereocenters. The van der Waals surface area contributed by atoms with Gasteiger partial charge in [-0.1, -0.05) is 57.8 Å². The van der Waals surface area contributed by atoms with E-state index in [1.54, 1.807) is 13.0 Å². The van der Waals surface area contributed by atoms with Gasteiger partial charge in [0, 0.05) is 10.6 Å². The number of halogens is 3. The zero-order chi connectivity index (χ0) is 13.3. The molecule has 0 spiro atoms. The van der Waals surface area contributed by atoms with Crippen LogP contribution in [-0.2, 0) is 6.42 Å². The average molecular weight is 267 g/mol. The number of hydrogen-bond donors (Lipinski definition) is 0. The fraction of sp³-hybridized carbons (Fsp3) is 0.538. The van der Waals surface area contributed by atoms with E-state index in [2.05, 4.69) is 0 Å². The lowest BCUT2D eigenvalue weighted by atomic mass is 10.1. The van der Waals surface area contributed by atoms with Crippen LogP contribution in [0, 0.1) is 12.7 Å². The Morgan fingerprint density at radius 1 is 1.12 bits per heavy atom. The van der Waals surface area contributed by atoms with Crippen LogP contribution in [0.15, 0.2) is 6.07 Å². The van der Waals surface area contributed by atoms with E-state index < -0.39 is 5.82 Å². The lowest BCUT2D eigenvalue weighted by Gasteiger charge is -2.06. The molecule has 3 heteroatoms. The van der Waals surface area contributed by atoms with Gasteiger partial charge in [0.2, 0.25) is 0 Å². The Balaban J connectivity index is 0. The Labute approximate surface area is 109 Å². The number of hydrogen-bond acceptors (Lipinski definition) is 0. The van der Waals surface area contributed by atoms with E-state index in [0.29, 0.717) is 17.0 Å². The van der Waals surface area contributed by atoms with Gasteiger partial charge in [0.05, 0.1) is 5.02 Å². The van der Waals surface area contributed by atoms with Gasteiger partial charge in [-0.2, -0.15) is 0 Å². The average Bonchev–Trinajstić information content (AvgIpc) is 2.36. The maximum atomic E-state index is 13.2. The smallest absolute Gasteiger partial charge is 0.146 e. The largest absolute Gasteiger partial charge is 0.205 e. The zero-order valence-electron chi connectivity index (χ0n) is 10.9. The van der Waals surface area contributed by atoms with E-state index in [9.17, 15) is 4.39 Å². The molecule has 94 valence electrons. The Bertz CT molecular complexity index is 309. The molecule has 0 bridgehead atoms. The summed E-state index contributed by atoms with van der Waals surface area (Å²) in [6.07, 6.45) is 0.690. The highest BCUT2D eigenvalue weighted by molar-refractivity contribution is 6.34. The van der Waals surface area contributed by atoms with Gasteiger partial charge in [0.25, 0.3) is 0 Å². The summed E-state index contributed by atoms with van der Waals surface area (Å²) in [6.45, 7) is 11.5. The molecule has 0 N–H and O–H groups in total. The molecule has 0 fully saturated rings. The standard InChI is InChI=1S/C9H9Cl2F.2C2H6/c1-3-6-4-7(10)5(2)9(12)8(6)11;2*1-2/h4H,3H2,1-2H3;2*1-2H3. The Morgan fingerprint density at radius 2 is 1.56 bits per heavy atom. The lowest BCUT2D eigenvalue weighted by molar-refractivity contribution is 0.617. The molecule has 0 aliphatic carbocycles. The first-order chi connectivity index (χ1) is 7.57. The van der Waals surface area contributed by atoms with Crippen LogP contribution in [0.5, 0.6) is 0 Å². The van der Waals surface area contributed by atoms with E-state index in [4.69, 9.17) is 23.2 Å². The summed E-state index contributed by atoms with van der Waals surface area (Å²) in [4.78, 5) is 0. The van der Waals surface area contributed by atoms with Crippen LogP contribution in [0.2, 0.25) is 10.0 Å². The maximum absolute atomic E-state index is 13.2. The molecule has 0 unspecified atom stereocenters. The summed E-state index contributed by atoms with van der Waals surface area (Å²) in [6, 6.07) is 1.71. The van der Waals surface area contributed by atoms with Crippen LogP contribution in [-0.4, -0.2) is 0 Å². The Morgan fingerprint density at radius 3 is 1.94 bits per heavy atom. The minimum atomic E-state index is -0.402. The van der Waals surface area contributed by atoms with E-state index in [1.165, 1.54) is 0 Å². The summed E-state index contributed by atoms with van der Waals surface area (Å²) in [5.41, 5.74) is 1.17. The normalized spacial score (nSPS) is 8.56. The number of rotatable bonds is 1. The summed E-state index contributed by atoms with van der Waals surface area (Å²) in [7, 11) is 0. The monoisotopic (exact) mass is 266 g/mol. The molecule has 1 aromatic carbocycles. The van der Waals surface area contributed by atoms with Gasteiger partial charge in [0.15, 0.2) is 0 Å². The third kappa shape index (κ3) is 4.71. The molecule has 1 rings (SSSR count). The quantitative estimate of drug-likeness (QED) is 0.543. The molecule has 0 aromatic heterocycles. The van der Waals surface area contributed by atoms with Crippen molar-refractivity contribution in [1.82, 2.24) is 0 Å². The molecular weight excluding hydrogens is 246 g/mol. The van der Waals surface area contributed by atoms with Crippen molar-refractivity contribution in [2.45, 2.75) is 48.0 Å². The van der Waals surface area contributed by atoms with Gasteiger partial charge in [-0.25, -0.2) is 4.39 Å². The first-order valence-electron chi connectivity index (χ1n) is 5.70. The van der Waals surface area contributed by atoms with Crippen molar-refractivity contribution in [3.05, 3.63) is 33.1 Å². The van der Waals surface area contributed by atoms with E-state index in [1.807, 2.05) is 34.6 Å². The van der Waals surface area contributed by atoms with Crippen LogP contribution in [0.25, 0.3) is 0 Å². The highest BCUT2D eigenvalue weighted by atomic mass is 35.5. The molecule has 0 saturated heterocycles. The fourth-order valence-electron chi connectivity index (χ4n) is 0.992. The lowest BCUT2D eigenvalue weighted by Crippen LogP contribution is -1.91. The topological polar surface area (TPSA) is 0 Å². The third-order valence-electron chi connectivity index (χ3n) is 1.84. The van der Waals surface area contributed by atoms with Crippen LogP contribution in [0.1, 0.15) is 45.7 Å². The predicted molar refractivity (Wildman–Crippen MR) is 73.2 cm³/mol. The van der Waals surface area contributed by atoms with Crippen molar-refractivity contribution in [2.75, 3.05) is 0 Å². The first kappa shape index (κ1) is 18.1. The van der Waals surface area contributed by atoms with Gasteiger partial charge < -0.3 is 0 Å². The predicted octanol–water partition coefficient (Wildman–Crippen LogP) is 6.06.